The summed E-state index contributed by atoms with van der Waals surface area (Å²) < 4.78 is 0. The van der Waals surface area contributed by atoms with Gasteiger partial charge < -0.3 is 9.80 Å². The first-order valence-corrected chi connectivity index (χ1v) is 16.9. The monoisotopic (exact) mass is 626 g/mol. The quantitative estimate of drug-likeness (QED) is 0.181. The molecule has 9 rings (SSSR count). The zero-order chi connectivity index (χ0) is 32.6. The fraction of sp³-hybridized carbons (Fsp3) is 0.0213. The molecule has 232 valence electrons. The van der Waals surface area contributed by atoms with Crippen molar-refractivity contribution in [1.82, 2.24) is 0 Å². The van der Waals surface area contributed by atoms with Gasteiger partial charge in [0.1, 0.15) is 0 Å². The summed E-state index contributed by atoms with van der Waals surface area (Å²) in [6, 6.07) is 70.1. The SMILES string of the molecule is c1ccc(N(c2ccccc2)c2ccc(-c3ccc4c(c3)Cc3cc(-c5cccc6ccccc56)ccc3N4c3ccccc3)cc2)cc1. The summed E-state index contributed by atoms with van der Waals surface area (Å²) in [5.41, 5.74) is 14.6. The fourth-order valence-corrected chi connectivity index (χ4v) is 7.31. The highest BCUT2D eigenvalue weighted by atomic mass is 15.2. The topological polar surface area (TPSA) is 6.48 Å². The third-order valence-corrected chi connectivity index (χ3v) is 9.62. The second kappa shape index (κ2) is 12.3. The number of para-hydroxylation sites is 3. The molecule has 1 heterocycles. The molecular weight excluding hydrogens is 593 g/mol. The Labute approximate surface area is 287 Å². The van der Waals surface area contributed by atoms with Crippen molar-refractivity contribution in [3.05, 3.63) is 205 Å². The van der Waals surface area contributed by atoms with Gasteiger partial charge in [0.2, 0.25) is 0 Å². The van der Waals surface area contributed by atoms with Crippen LogP contribution in [0.15, 0.2) is 194 Å². The summed E-state index contributed by atoms with van der Waals surface area (Å²) in [7, 11) is 0. The molecule has 0 aliphatic carbocycles. The smallest absolute Gasteiger partial charge is 0.0497 e. The Morgan fingerprint density at radius 2 is 0.898 bits per heavy atom. The summed E-state index contributed by atoms with van der Waals surface area (Å²) in [5.74, 6) is 0. The van der Waals surface area contributed by atoms with Crippen LogP contribution in [0.25, 0.3) is 33.0 Å². The van der Waals surface area contributed by atoms with E-state index in [2.05, 4.69) is 204 Å². The van der Waals surface area contributed by atoms with Crippen molar-refractivity contribution in [2.24, 2.45) is 0 Å². The third-order valence-electron chi connectivity index (χ3n) is 9.62. The van der Waals surface area contributed by atoms with Crippen LogP contribution in [0.4, 0.5) is 34.1 Å². The Balaban J connectivity index is 1.11. The van der Waals surface area contributed by atoms with Gasteiger partial charge in [-0.25, -0.2) is 0 Å². The Bertz CT molecular complexity index is 2350. The van der Waals surface area contributed by atoms with Crippen LogP contribution in [0, 0.1) is 0 Å². The molecule has 0 amide bonds. The molecule has 1 aliphatic rings. The van der Waals surface area contributed by atoms with Crippen molar-refractivity contribution in [2.75, 3.05) is 9.80 Å². The maximum atomic E-state index is 2.42. The molecule has 2 heteroatoms. The van der Waals surface area contributed by atoms with E-state index in [0.29, 0.717) is 0 Å². The second-order valence-corrected chi connectivity index (χ2v) is 12.6. The summed E-state index contributed by atoms with van der Waals surface area (Å²) in [6.45, 7) is 0. The molecule has 0 saturated heterocycles. The minimum atomic E-state index is 0.869. The molecule has 0 fully saturated rings. The lowest BCUT2D eigenvalue weighted by molar-refractivity contribution is 1.09. The van der Waals surface area contributed by atoms with Gasteiger partial charge in [0.15, 0.2) is 0 Å². The highest BCUT2D eigenvalue weighted by Gasteiger charge is 2.25. The van der Waals surface area contributed by atoms with Gasteiger partial charge in [-0.2, -0.15) is 0 Å². The van der Waals surface area contributed by atoms with E-state index < -0.39 is 0 Å². The van der Waals surface area contributed by atoms with Crippen LogP contribution in [0.2, 0.25) is 0 Å². The molecule has 0 spiro atoms. The van der Waals surface area contributed by atoms with Crippen LogP contribution >= 0.6 is 0 Å². The molecule has 8 aromatic carbocycles. The van der Waals surface area contributed by atoms with Crippen molar-refractivity contribution < 1.29 is 0 Å². The first-order chi connectivity index (χ1) is 24.3. The van der Waals surface area contributed by atoms with Crippen molar-refractivity contribution in [3.8, 4) is 22.3 Å². The highest BCUT2D eigenvalue weighted by Crippen LogP contribution is 2.46. The number of anilines is 6. The lowest BCUT2D eigenvalue weighted by Gasteiger charge is -2.34. The van der Waals surface area contributed by atoms with Gasteiger partial charge in [-0.1, -0.05) is 121 Å². The molecule has 0 bridgehead atoms. The highest BCUT2D eigenvalue weighted by molar-refractivity contribution is 5.97. The van der Waals surface area contributed by atoms with Gasteiger partial charge in [0, 0.05) is 40.5 Å². The zero-order valence-electron chi connectivity index (χ0n) is 27.1. The molecule has 2 nitrogen and oxygen atoms in total. The molecule has 8 aromatic rings. The number of benzene rings is 8. The predicted octanol–water partition coefficient (Wildman–Crippen LogP) is 13.0. The number of hydrogen-bond acceptors (Lipinski definition) is 2. The average Bonchev–Trinajstić information content (AvgIpc) is 3.18. The lowest BCUT2D eigenvalue weighted by Crippen LogP contribution is -2.18. The zero-order valence-corrected chi connectivity index (χ0v) is 27.1. The van der Waals surface area contributed by atoms with Crippen LogP contribution in [-0.4, -0.2) is 0 Å². The van der Waals surface area contributed by atoms with E-state index in [9.17, 15) is 0 Å². The number of hydrogen-bond donors (Lipinski definition) is 0. The van der Waals surface area contributed by atoms with Crippen molar-refractivity contribution in [1.29, 1.82) is 0 Å². The van der Waals surface area contributed by atoms with Crippen LogP contribution in [0.5, 0.6) is 0 Å². The first-order valence-electron chi connectivity index (χ1n) is 16.9. The fourth-order valence-electron chi connectivity index (χ4n) is 7.31. The van der Waals surface area contributed by atoms with Crippen molar-refractivity contribution in [3.63, 3.8) is 0 Å². The molecule has 49 heavy (non-hydrogen) atoms. The van der Waals surface area contributed by atoms with Gasteiger partial charge in [-0.3, -0.25) is 0 Å². The van der Waals surface area contributed by atoms with Crippen molar-refractivity contribution >= 4 is 44.9 Å². The molecule has 0 unspecified atom stereocenters. The molecule has 0 atom stereocenters. The Kier molecular flexibility index (Phi) is 7.25. The normalized spacial score (nSPS) is 12.0. The van der Waals surface area contributed by atoms with E-state index in [0.717, 1.165) is 23.5 Å². The summed E-state index contributed by atoms with van der Waals surface area (Å²) in [5, 5.41) is 2.55. The van der Waals surface area contributed by atoms with E-state index in [-0.39, 0.29) is 0 Å². The molecule has 0 saturated carbocycles. The van der Waals surface area contributed by atoms with Crippen LogP contribution in [0.1, 0.15) is 11.1 Å². The Morgan fingerprint density at radius 1 is 0.388 bits per heavy atom. The van der Waals surface area contributed by atoms with E-state index in [1.807, 2.05) is 0 Å². The van der Waals surface area contributed by atoms with Gasteiger partial charge >= 0.3 is 0 Å². The van der Waals surface area contributed by atoms with E-state index in [1.54, 1.807) is 0 Å². The average molecular weight is 627 g/mol. The predicted molar refractivity (Wildman–Crippen MR) is 207 cm³/mol. The van der Waals surface area contributed by atoms with Gasteiger partial charge in [0.05, 0.1) is 0 Å². The van der Waals surface area contributed by atoms with Gasteiger partial charge in [0.25, 0.3) is 0 Å². The number of nitrogens with zero attached hydrogens (tertiary/aromatic N) is 2. The Hall–Kier alpha value is -6.38. The van der Waals surface area contributed by atoms with E-state index in [1.165, 1.54) is 61.2 Å². The second-order valence-electron chi connectivity index (χ2n) is 12.6. The van der Waals surface area contributed by atoms with E-state index in [4.69, 9.17) is 0 Å². The van der Waals surface area contributed by atoms with Crippen LogP contribution in [0.3, 0.4) is 0 Å². The summed E-state index contributed by atoms with van der Waals surface area (Å²) >= 11 is 0. The molecule has 0 N–H and O–H groups in total. The van der Waals surface area contributed by atoms with Crippen LogP contribution in [-0.2, 0) is 6.42 Å². The number of rotatable bonds is 6. The molecule has 0 radical (unpaired) electrons. The standard InChI is InChI=1S/C47H34N2/c1-4-15-40(16-5-1)48(41-17-6-2-7-18-41)43-27-23-34(24-28-43)36-25-29-46-38(31-36)33-39-32-37(45-22-12-14-35-13-10-11-21-44(35)45)26-30-47(39)49(46)42-19-8-3-9-20-42/h1-32H,33H2. The summed E-state index contributed by atoms with van der Waals surface area (Å²) in [6.07, 6.45) is 0.869. The summed E-state index contributed by atoms with van der Waals surface area (Å²) in [4.78, 5) is 4.73. The minimum Gasteiger partial charge on any atom is -0.311 e. The maximum absolute atomic E-state index is 2.42. The van der Waals surface area contributed by atoms with Crippen molar-refractivity contribution in [2.45, 2.75) is 6.42 Å². The van der Waals surface area contributed by atoms with Gasteiger partial charge in [-0.05, 0) is 117 Å². The third kappa shape index (κ3) is 5.34. The minimum absolute atomic E-state index is 0.869. The maximum Gasteiger partial charge on any atom is 0.0497 e. The molecule has 0 aromatic heterocycles. The largest absolute Gasteiger partial charge is 0.311 e. The lowest BCUT2D eigenvalue weighted by atomic mass is 9.89. The molecular formula is C47H34N2. The Morgan fingerprint density at radius 3 is 1.57 bits per heavy atom. The van der Waals surface area contributed by atoms with Gasteiger partial charge in [-0.15, -0.1) is 0 Å². The van der Waals surface area contributed by atoms with Crippen LogP contribution < -0.4 is 9.80 Å². The molecule has 1 aliphatic heterocycles. The first kappa shape index (κ1) is 28.8. The van der Waals surface area contributed by atoms with E-state index >= 15 is 0 Å². The number of fused-ring (bicyclic) bond motifs is 3.